The van der Waals surface area contributed by atoms with Gasteiger partial charge in [-0.3, -0.25) is 164 Å². The molecule has 0 aromatic rings. The fourth-order valence-electron chi connectivity index (χ4n) is 14.7. The summed E-state index contributed by atoms with van der Waals surface area (Å²) >= 11 is 0. The molecule has 3 saturated heterocycles. The van der Waals surface area contributed by atoms with Crippen molar-refractivity contribution in [3.8, 4) is 0 Å². The molecule has 0 aromatic heterocycles. The maximum atomic E-state index is 14.4. The highest BCUT2D eigenvalue weighted by atomic mass is 16.4. The van der Waals surface area contributed by atoms with Gasteiger partial charge in [0.2, 0.25) is 47.3 Å². The zero-order valence-corrected chi connectivity index (χ0v) is 77.0. The molecule has 0 bridgehead atoms. The molecule has 8 amide bonds. The molecule has 3 aliphatic heterocycles. The summed E-state index contributed by atoms with van der Waals surface area (Å²) in [6.45, 7) is -5.45. The highest BCUT2D eigenvalue weighted by Gasteiger charge is 2.37. The predicted octanol–water partition coefficient (Wildman–Crippen LogP) is -14.1. The number of nitrogens with one attached hydrogen (secondary N) is 10. The van der Waals surface area contributed by atoms with Crippen molar-refractivity contribution in [2.24, 2.45) is 5.41 Å². The van der Waals surface area contributed by atoms with Gasteiger partial charge in [0.15, 0.2) is 0 Å². The zero-order chi connectivity index (χ0) is 101. The van der Waals surface area contributed by atoms with Crippen LogP contribution in [0.25, 0.3) is 0 Å². The molecule has 22 N–H and O–H groups in total. The number of rotatable bonds is 57. The minimum atomic E-state index is -1.89. The van der Waals surface area contributed by atoms with Gasteiger partial charge >= 0.3 is 71.6 Å². The van der Waals surface area contributed by atoms with Crippen LogP contribution in [0.4, 0.5) is 0 Å². The number of hydrogen-bond acceptors (Lipinski definition) is 36. The zero-order valence-electron chi connectivity index (χ0n) is 77.0. The van der Waals surface area contributed by atoms with E-state index >= 15 is 0 Å². The molecule has 135 heavy (non-hydrogen) atoms. The van der Waals surface area contributed by atoms with E-state index in [1.165, 1.54) is 76.7 Å². The molecule has 3 aliphatic rings. The Morgan fingerprint density at radius 3 is 0.659 bits per heavy atom. The van der Waals surface area contributed by atoms with Gasteiger partial charge in [-0.1, -0.05) is 0 Å². The standard InChI is InChI=1S/C79H138N24O32/c1-55(100(8-6-81-40-64(110)111)28-21-90(41-65(112)113)7-5-80-39-63(108)109)75(132)82-35-59(104)86-51-79(52-87-60(105)36-83-76(133)56(2)101-29-22-94(45-69(120)121)15-9-91(42-66(114)115)10-16-95(23-30-101)46-70(122)123,53-88-61(106)37-84-77(134)57(3)102-31-24-96(47-71(124)125)17-11-92(43-67(116)117)12-18-97(25-32-102)48-72(126)127)54-89-62(107)38-85-78(135)58(4)103-33-26-98(49-73(128)129)19-13-93(44-68(118)119)14-20-99(27-34-103)50-74(130)131/h55-58,80-81H,5-54H2,1-4H3,(H,82,132)(H,83,133)(H,84,134)(H,85,135)(H,86,104)(H,87,105)(H,88,106)(H,89,107)(H,108,109)(H,110,111)(H,112,113)(H,114,115)(H,116,117)(H,118,119)(H,120,121)(H,122,123)(H,124,125)(H,126,127)(H,128,129)(H,130,131)/t55-,56-,57-,58-/m1/s1. The summed E-state index contributed by atoms with van der Waals surface area (Å²) in [5.41, 5.74) is -1.89. The summed E-state index contributed by atoms with van der Waals surface area (Å²) in [5.74, 6) is -21.5. The molecule has 3 fully saturated rings. The molecule has 56 nitrogen and oxygen atoms in total. The van der Waals surface area contributed by atoms with Crippen LogP contribution in [-0.4, -0.2) is 600 Å². The lowest BCUT2D eigenvalue weighted by molar-refractivity contribution is -0.141. The second-order valence-corrected chi connectivity index (χ2v) is 33.2. The first-order valence-corrected chi connectivity index (χ1v) is 44.1. The fourth-order valence-corrected chi connectivity index (χ4v) is 14.7. The van der Waals surface area contributed by atoms with Crippen molar-refractivity contribution in [3.63, 3.8) is 0 Å². The predicted molar refractivity (Wildman–Crippen MR) is 472 cm³/mol. The van der Waals surface area contributed by atoms with Gasteiger partial charge in [0, 0.05) is 228 Å². The summed E-state index contributed by atoms with van der Waals surface area (Å²) in [6, 6.07) is -4.56. The van der Waals surface area contributed by atoms with Crippen molar-refractivity contribution >= 4 is 119 Å². The fraction of sp³-hybridized carbons (Fsp3) is 0.747. The summed E-state index contributed by atoms with van der Waals surface area (Å²) in [4.78, 5) is 279. The van der Waals surface area contributed by atoms with Crippen molar-refractivity contribution in [3.05, 3.63) is 0 Å². The van der Waals surface area contributed by atoms with Crippen LogP contribution in [0.1, 0.15) is 27.7 Å². The first-order valence-electron chi connectivity index (χ1n) is 44.1. The highest BCUT2D eigenvalue weighted by Crippen LogP contribution is 2.16. The molecule has 0 radical (unpaired) electrons. The first kappa shape index (κ1) is 118. The summed E-state index contributed by atoms with van der Waals surface area (Å²) in [6.07, 6.45) is 0. The van der Waals surface area contributed by atoms with Gasteiger partial charge in [-0.05, 0) is 27.7 Å². The molecule has 0 unspecified atom stereocenters. The van der Waals surface area contributed by atoms with Gasteiger partial charge < -0.3 is 114 Å². The molecular weight excluding hydrogens is 1800 g/mol. The number of aliphatic carboxylic acids is 12. The Kier molecular flexibility index (Phi) is 55.8. The lowest BCUT2D eigenvalue weighted by Gasteiger charge is -2.36. The van der Waals surface area contributed by atoms with Gasteiger partial charge in [-0.15, -0.1) is 0 Å². The minimum absolute atomic E-state index is 0.0000603. The van der Waals surface area contributed by atoms with Gasteiger partial charge in [-0.2, -0.15) is 0 Å². The van der Waals surface area contributed by atoms with Crippen molar-refractivity contribution in [2.45, 2.75) is 51.9 Å². The van der Waals surface area contributed by atoms with Gasteiger partial charge in [0.25, 0.3) is 0 Å². The lowest BCUT2D eigenvalue weighted by Crippen LogP contribution is -2.59. The van der Waals surface area contributed by atoms with Gasteiger partial charge in [-0.25, -0.2) is 0 Å². The number of carbonyl (C=O) groups is 20. The number of carbonyl (C=O) groups excluding carboxylic acids is 8. The van der Waals surface area contributed by atoms with Crippen molar-refractivity contribution in [1.82, 2.24) is 122 Å². The van der Waals surface area contributed by atoms with Crippen LogP contribution in [0.3, 0.4) is 0 Å². The third kappa shape index (κ3) is 53.0. The summed E-state index contributed by atoms with van der Waals surface area (Å²) < 4.78 is 0. The Bertz CT molecular complexity index is 3510. The van der Waals surface area contributed by atoms with Gasteiger partial charge in [0.1, 0.15) is 0 Å². The number of nitrogens with zero attached hydrogens (tertiary/aromatic N) is 14. The van der Waals surface area contributed by atoms with E-state index in [0.717, 1.165) is 0 Å². The van der Waals surface area contributed by atoms with E-state index in [2.05, 4.69) is 53.2 Å². The van der Waals surface area contributed by atoms with Crippen LogP contribution in [0.2, 0.25) is 0 Å². The SMILES string of the molecule is C[C@H](C(=O)NCC(=O)NCC(CNC(=O)CNC(=O)[C@@H](C)N1CCN(CC(=O)O)CCN(CC(=O)O)CCN(CC(=O)O)CC1)(CNC(=O)CNC(=O)[C@@H](C)N1CCN(CC(=O)O)CCN(CC(=O)O)CCN(CC(=O)O)CC1)CNC(=O)CNC(=O)[C@@H](C)N1CCN(CC(=O)O)CCN(CC(=O)O)CCN(CC(=O)O)CC1)N(CCNCC(=O)O)CCN(CCNCC(=O)O)CC(=O)O. The average molecular weight is 1940 g/mol. The maximum absolute atomic E-state index is 14.4. The lowest BCUT2D eigenvalue weighted by atomic mass is 9.86. The molecular formula is C79H138N24O32. The monoisotopic (exact) mass is 1930 g/mol. The Balaban J connectivity index is 2.20. The summed E-state index contributed by atoms with van der Waals surface area (Å²) in [5, 5.41) is 142. The molecule has 0 saturated carbocycles. The number of carboxylic acid groups (broad SMARTS) is 12. The van der Waals surface area contributed by atoms with E-state index in [1.807, 2.05) is 0 Å². The average Bonchev–Trinajstić information content (AvgIpc) is 0.835. The van der Waals surface area contributed by atoms with Crippen molar-refractivity contribution < 1.29 is 157 Å². The van der Waals surface area contributed by atoms with E-state index in [4.69, 9.17) is 5.11 Å². The largest absolute Gasteiger partial charge is 0.480 e. The third-order valence-corrected chi connectivity index (χ3v) is 22.7. The Hall–Kier alpha value is -11.2. The van der Waals surface area contributed by atoms with Crippen LogP contribution in [-0.2, 0) is 95.9 Å². The highest BCUT2D eigenvalue weighted by molar-refractivity contribution is 5.90. The molecule has 3 rings (SSSR count). The quantitative estimate of drug-likeness (QED) is 0.0251. The van der Waals surface area contributed by atoms with E-state index < -0.39 is 279 Å². The molecule has 766 valence electrons. The number of carboxylic acids is 12. The first-order chi connectivity index (χ1) is 63.7. The van der Waals surface area contributed by atoms with Crippen molar-refractivity contribution in [1.29, 1.82) is 0 Å². The molecule has 0 spiro atoms. The summed E-state index contributed by atoms with van der Waals surface area (Å²) in [7, 11) is 0. The third-order valence-electron chi connectivity index (χ3n) is 22.7. The second kappa shape index (κ2) is 63.9. The van der Waals surface area contributed by atoms with E-state index in [9.17, 15) is 152 Å². The van der Waals surface area contributed by atoms with Crippen LogP contribution >= 0.6 is 0 Å². The van der Waals surface area contributed by atoms with E-state index in [1.54, 1.807) is 19.6 Å². The topological polar surface area (TPSA) is 750 Å². The molecule has 56 heteroatoms. The number of amides is 8. The Morgan fingerprint density at radius 1 is 0.244 bits per heavy atom. The molecule has 0 aromatic carbocycles. The van der Waals surface area contributed by atoms with E-state index in [-0.39, 0.29) is 196 Å². The Morgan fingerprint density at radius 2 is 0.452 bits per heavy atom. The molecule has 3 heterocycles. The smallest absolute Gasteiger partial charge is 0.317 e. The normalized spacial score (nSPS) is 17.6. The van der Waals surface area contributed by atoms with Crippen LogP contribution in [0, 0.1) is 5.41 Å². The second-order valence-electron chi connectivity index (χ2n) is 33.2. The van der Waals surface area contributed by atoms with E-state index in [0.29, 0.717) is 0 Å². The van der Waals surface area contributed by atoms with Crippen LogP contribution in [0.5, 0.6) is 0 Å². The maximum Gasteiger partial charge on any atom is 0.317 e. The molecule has 0 aliphatic carbocycles. The number of hydrogen-bond donors (Lipinski definition) is 22. The van der Waals surface area contributed by atoms with Gasteiger partial charge in [0.05, 0.1) is 129 Å². The van der Waals surface area contributed by atoms with Crippen LogP contribution < -0.4 is 53.2 Å². The van der Waals surface area contributed by atoms with Crippen LogP contribution in [0.15, 0.2) is 0 Å². The Labute approximate surface area is 779 Å². The van der Waals surface area contributed by atoms with Crippen molar-refractivity contribution in [2.75, 3.05) is 327 Å². The minimum Gasteiger partial charge on any atom is -0.480 e. The molecule has 4 atom stereocenters.